The normalized spacial score (nSPS) is 11.8. The monoisotopic (exact) mass is 291 g/mol. The minimum Gasteiger partial charge on any atom is -0.351 e. The van der Waals surface area contributed by atoms with Crippen molar-refractivity contribution in [2.24, 2.45) is 0 Å². The molecule has 5 heteroatoms. The molecule has 3 nitrogen and oxygen atoms in total. The Morgan fingerprint density at radius 3 is 2.35 bits per heavy atom. The highest BCUT2D eigenvalue weighted by molar-refractivity contribution is 7.85. The molecule has 0 aliphatic rings. The van der Waals surface area contributed by atoms with Crippen molar-refractivity contribution >= 4 is 16.7 Å². The predicted molar refractivity (Wildman–Crippen MR) is 76.0 cm³/mol. The van der Waals surface area contributed by atoms with Gasteiger partial charge in [0, 0.05) is 11.4 Å². The third-order valence-electron chi connectivity index (χ3n) is 2.67. The summed E-state index contributed by atoms with van der Waals surface area (Å²) in [7, 11) is -1.46. The number of carbonyl (C=O) groups excluding carboxylic acids is 1. The van der Waals surface area contributed by atoms with Crippen molar-refractivity contribution in [2.45, 2.75) is 11.4 Å². The number of carbonyl (C=O) groups is 1. The number of hydrogen-bond donors (Lipinski definition) is 1. The maximum Gasteiger partial charge on any atom is 0.233 e. The number of benzene rings is 2. The van der Waals surface area contributed by atoms with Crippen LogP contribution in [0.3, 0.4) is 0 Å². The van der Waals surface area contributed by atoms with Crippen molar-refractivity contribution in [1.82, 2.24) is 5.32 Å². The van der Waals surface area contributed by atoms with Gasteiger partial charge >= 0.3 is 0 Å². The van der Waals surface area contributed by atoms with Crippen molar-refractivity contribution in [2.75, 3.05) is 5.75 Å². The summed E-state index contributed by atoms with van der Waals surface area (Å²) >= 11 is 0. The topological polar surface area (TPSA) is 46.2 Å². The van der Waals surface area contributed by atoms with Gasteiger partial charge in [0.1, 0.15) is 11.6 Å². The first kappa shape index (κ1) is 14.4. The standard InChI is InChI=1S/C15H14FNO2S/c16-13-6-8-14(9-7-13)20(19)11-15(18)17-10-12-4-2-1-3-5-12/h1-9H,10-11H2,(H,17,18). The van der Waals surface area contributed by atoms with Gasteiger partial charge in [0.25, 0.3) is 0 Å². The van der Waals surface area contributed by atoms with E-state index < -0.39 is 10.8 Å². The van der Waals surface area contributed by atoms with Crippen molar-refractivity contribution in [3.63, 3.8) is 0 Å². The van der Waals surface area contributed by atoms with Gasteiger partial charge in [-0.2, -0.15) is 0 Å². The SMILES string of the molecule is O=C(CS(=O)c1ccc(F)cc1)NCc1ccccc1. The lowest BCUT2D eigenvalue weighted by Crippen LogP contribution is -2.27. The molecule has 2 aromatic rings. The average Bonchev–Trinajstić information content (AvgIpc) is 2.47. The molecule has 0 saturated heterocycles. The Balaban J connectivity index is 1.85. The maximum absolute atomic E-state index is 12.7. The molecule has 0 spiro atoms. The second-order valence-corrected chi connectivity index (χ2v) is 5.66. The summed E-state index contributed by atoms with van der Waals surface area (Å²) in [6.07, 6.45) is 0. The Hall–Kier alpha value is -2.01. The zero-order valence-corrected chi connectivity index (χ0v) is 11.5. The zero-order chi connectivity index (χ0) is 14.4. The van der Waals surface area contributed by atoms with Crippen LogP contribution >= 0.6 is 0 Å². The Morgan fingerprint density at radius 1 is 1.05 bits per heavy atom. The molecule has 2 rings (SSSR count). The van der Waals surface area contributed by atoms with E-state index in [1.165, 1.54) is 24.3 Å². The second-order valence-electron chi connectivity index (χ2n) is 4.21. The van der Waals surface area contributed by atoms with Gasteiger partial charge in [-0.3, -0.25) is 9.00 Å². The first-order valence-corrected chi connectivity index (χ1v) is 7.41. The molecular formula is C15H14FNO2S. The van der Waals surface area contributed by atoms with Crippen LogP contribution in [0.2, 0.25) is 0 Å². The molecule has 1 atom stereocenters. The van der Waals surface area contributed by atoms with E-state index in [0.717, 1.165) is 5.56 Å². The highest BCUT2D eigenvalue weighted by Gasteiger charge is 2.10. The first-order chi connectivity index (χ1) is 9.65. The molecule has 0 bridgehead atoms. The number of hydrogen-bond acceptors (Lipinski definition) is 2. The lowest BCUT2D eigenvalue weighted by Gasteiger charge is -2.05. The molecule has 0 fully saturated rings. The molecule has 1 N–H and O–H groups in total. The summed E-state index contributed by atoms with van der Waals surface area (Å²) in [5.74, 6) is -0.811. The van der Waals surface area contributed by atoms with Crippen LogP contribution in [0, 0.1) is 5.82 Å². The molecule has 0 radical (unpaired) electrons. The van der Waals surface area contributed by atoms with Gasteiger partial charge in [-0.25, -0.2) is 4.39 Å². The van der Waals surface area contributed by atoms with Gasteiger partial charge in [0.15, 0.2) is 0 Å². The van der Waals surface area contributed by atoms with Crippen molar-refractivity contribution in [1.29, 1.82) is 0 Å². The van der Waals surface area contributed by atoms with E-state index >= 15 is 0 Å². The summed E-state index contributed by atoms with van der Waals surface area (Å²) in [4.78, 5) is 12.1. The lowest BCUT2D eigenvalue weighted by molar-refractivity contribution is -0.118. The maximum atomic E-state index is 12.7. The molecule has 0 aliphatic carbocycles. The third kappa shape index (κ3) is 4.28. The van der Waals surface area contributed by atoms with Gasteiger partial charge in [-0.1, -0.05) is 30.3 Å². The lowest BCUT2D eigenvalue weighted by atomic mass is 10.2. The molecule has 0 aliphatic heterocycles. The molecule has 0 saturated carbocycles. The molecule has 104 valence electrons. The van der Waals surface area contributed by atoms with E-state index in [0.29, 0.717) is 11.4 Å². The van der Waals surface area contributed by atoms with E-state index in [1.807, 2.05) is 30.3 Å². The summed E-state index contributed by atoms with van der Waals surface area (Å²) in [6, 6.07) is 14.8. The molecule has 1 unspecified atom stereocenters. The Bertz CT molecular complexity index is 599. The highest BCUT2D eigenvalue weighted by atomic mass is 32.2. The minimum absolute atomic E-state index is 0.127. The molecule has 0 heterocycles. The van der Waals surface area contributed by atoms with E-state index in [1.54, 1.807) is 0 Å². The van der Waals surface area contributed by atoms with Crippen molar-refractivity contribution in [3.8, 4) is 0 Å². The predicted octanol–water partition coefficient (Wildman–Crippen LogP) is 2.25. The summed E-state index contributed by atoms with van der Waals surface area (Å²) in [5.41, 5.74) is 0.980. The highest BCUT2D eigenvalue weighted by Crippen LogP contribution is 2.08. The average molecular weight is 291 g/mol. The van der Waals surface area contributed by atoms with Crippen LogP contribution in [0.5, 0.6) is 0 Å². The molecule has 1 amide bonds. The molecule has 20 heavy (non-hydrogen) atoms. The van der Waals surface area contributed by atoms with E-state index in [-0.39, 0.29) is 17.5 Å². The number of halogens is 1. The Labute approximate surface area is 119 Å². The van der Waals surface area contributed by atoms with Gasteiger partial charge in [0.05, 0.1) is 10.8 Å². The van der Waals surface area contributed by atoms with Crippen LogP contribution in [0.1, 0.15) is 5.56 Å². The fourth-order valence-corrected chi connectivity index (χ4v) is 2.58. The zero-order valence-electron chi connectivity index (χ0n) is 10.7. The smallest absolute Gasteiger partial charge is 0.233 e. The van der Waals surface area contributed by atoms with Crippen molar-refractivity contribution < 1.29 is 13.4 Å². The van der Waals surface area contributed by atoms with Crippen LogP contribution in [-0.4, -0.2) is 15.9 Å². The second kappa shape index (κ2) is 6.96. The van der Waals surface area contributed by atoms with Gasteiger partial charge < -0.3 is 5.32 Å². The van der Waals surface area contributed by atoms with Gasteiger partial charge in [-0.05, 0) is 29.8 Å². The number of rotatable bonds is 5. The quantitative estimate of drug-likeness (QED) is 0.918. The fourth-order valence-electron chi connectivity index (χ4n) is 1.64. The molecular weight excluding hydrogens is 277 g/mol. The van der Waals surface area contributed by atoms with Crippen LogP contribution in [0.15, 0.2) is 59.5 Å². The third-order valence-corrected chi connectivity index (χ3v) is 3.99. The largest absolute Gasteiger partial charge is 0.351 e. The van der Waals surface area contributed by atoms with Crippen LogP contribution < -0.4 is 5.32 Å². The van der Waals surface area contributed by atoms with Crippen molar-refractivity contribution in [3.05, 3.63) is 66.0 Å². The van der Waals surface area contributed by atoms with Crippen LogP contribution in [0.4, 0.5) is 4.39 Å². The minimum atomic E-state index is -1.46. The molecule has 0 aromatic heterocycles. The van der Waals surface area contributed by atoms with E-state index in [9.17, 15) is 13.4 Å². The summed E-state index contributed by atoms with van der Waals surface area (Å²) < 4.78 is 24.6. The van der Waals surface area contributed by atoms with Gasteiger partial charge in [-0.15, -0.1) is 0 Å². The van der Waals surface area contributed by atoms with Crippen LogP contribution in [-0.2, 0) is 22.1 Å². The molecule has 2 aromatic carbocycles. The number of amides is 1. The van der Waals surface area contributed by atoms with Gasteiger partial charge in [0.2, 0.25) is 5.91 Å². The fraction of sp³-hybridized carbons (Fsp3) is 0.133. The van der Waals surface area contributed by atoms with E-state index in [4.69, 9.17) is 0 Å². The van der Waals surface area contributed by atoms with Crippen LogP contribution in [0.25, 0.3) is 0 Å². The number of nitrogens with one attached hydrogen (secondary N) is 1. The summed E-state index contributed by atoms with van der Waals surface area (Å²) in [6.45, 7) is 0.403. The van der Waals surface area contributed by atoms with E-state index in [2.05, 4.69) is 5.32 Å². The Morgan fingerprint density at radius 2 is 1.70 bits per heavy atom. The summed E-state index contributed by atoms with van der Waals surface area (Å²) in [5, 5.41) is 2.70. The first-order valence-electron chi connectivity index (χ1n) is 6.10. The Kier molecular flexibility index (Phi) is 5.01.